The topological polar surface area (TPSA) is 32.7 Å². The maximum absolute atomic E-state index is 9.72. The lowest BCUT2D eigenvalue weighted by Crippen LogP contribution is -2.37. The number of β-amino-alcohol motifs (C(OH)–C–C–N with tert-alkyl or cyclic N) is 1. The number of benzene rings is 2. The van der Waals surface area contributed by atoms with Gasteiger partial charge in [-0.1, -0.05) is 42.5 Å². The van der Waals surface area contributed by atoms with Gasteiger partial charge in [-0.3, -0.25) is 4.90 Å². The van der Waals surface area contributed by atoms with Crippen molar-refractivity contribution in [2.24, 2.45) is 0 Å². The number of piperidine rings is 1. The first-order valence-electron chi connectivity index (χ1n) is 7.96. The van der Waals surface area contributed by atoms with Gasteiger partial charge >= 0.3 is 0 Å². The molecule has 1 heterocycles. The van der Waals surface area contributed by atoms with Crippen molar-refractivity contribution >= 4 is 0 Å². The van der Waals surface area contributed by atoms with Crippen molar-refractivity contribution in [3.8, 4) is 5.75 Å². The fraction of sp³-hybridized carbons (Fsp3) is 0.368. The number of hydrogen-bond donors (Lipinski definition) is 1. The molecule has 1 unspecified atom stereocenters. The summed E-state index contributed by atoms with van der Waals surface area (Å²) < 4.78 is 5.80. The van der Waals surface area contributed by atoms with Gasteiger partial charge in [-0.05, 0) is 42.6 Å². The van der Waals surface area contributed by atoms with Crippen molar-refractivity contribution in [1.82, 2.24) is 4.90 Å². The minimum Gasteiger partial charge on any atom is -0.489 e. The van der Waals surface area contributed by atoms with Gasteiger partial charge in [0.05, 0.1) is 6.10 Å². The molecular formula is C19H23NO2. The van der Waals surface area contributed by atoms with Crippen LogP contribution in [0.5, 0.6) is 5.75 Å². The fourth-order valence-corrected chi connectivity index (χ4v) is 2.86. The molecule has 3 nitrogen and oxygen atoms in total. The molecule has 0 radical (unpaired) electrons. The second kappa shape index (κ2) is 7.43. The van der Waals surface area contributed by atoms with Crippen molar-refractivity contribution in [1.29, 1.82) is 0 Å². The average molecular weight is 297 g/mol. The lowest BCUT2D eigenvalue weighted by atomic mass is 10.1. The van der Waals surface area contributed by atoms with Crippen LogP contribution in [0.25, 0.3) is 0 Å². The molecule has 1 fully saturated rings. The first-order valence-corrected chi connectivity index (χ1v) is 7.96. The van der Waals surface area contributed by atoms with E-state index < -0.39 is 0 Å². The van der Waals surface area contributed by atoms with E-state index in [9.17, 15) is 5.11 Å². The van der Waals surface area contributed by atoms with Crippen LogP contribution in [0, 0.1) is 0 Å². The molecular weight excluding hydrogens is 274 g/mol. The Bertz CT molecular complexity index is 568. The number of likely N-dealkylation sites (tertiary alicyclic amines) is 1. The number of hydrogen-bond acceptors (Lipinski definition) is 3. The first-order chi connectivity index (χ1) is 10.8. The van der Waals surface area contributed by atoms with Gasteiger partial charge < -0.3 is 9.84 Å². The summed E-state index contributed by atoms with van der Waals surface area (Å²) in [6.45, 7) is 3.35. The Balaban J connectivity index is 1.51. The molecule has 0 amide bonds. The zero-order chi connectivity index (χ0) is 15.2. The maximum Gasteiger partial charge on any atom is 0.119 e. The third-order valence-corrected chi connectivity index (χ3v) is 4.06. The van der Waals surface area contributed by atoms with E-state index in [1.807, 2.05) is 30.3 Å². The summed E-state index contributed by atoms with van der Waals surface area (Å²) in [7, 11) is 0. The highest BCUT2D eigenvalue weighted by atomic mass is 16.5. The summed E-state index contributed by atoms with van der Waals surface area (Å²) in [5.74, 6) is 0.895. The maximum atomic E-state index is 9.72. The van der Waals surface area contributed by atoms with E-state index in [1.165, 1.54) is 11.1 Å². The Morgan fingerprint density at radius 2 is 1.77 bits per heavy atom. The number of rotatable bonds is 5. The van der Waals surface area contributed by atoms with Gasteiger partial charge in [0.25, 0.3) is 0 Å². The van der Waals surface area contributed by atoms with Crippen LogP contribution in [0.2, 0.25) is 0 Å². The molecule has 116 valence electrons. The number of nitrogens with zero attached hydrogens (tertiary/aromatic N) is 1. The van der Waals surface area contributed by atoms with Gasteiger partial charge in [-0.2, -0.15) is 0 Å². The van der Waals surface area contributed by atoms with Crippen molar-refractivity contribution < 1.29 is 9.84 Å². The largest absolute Gasteiger partial charge is 0.489 e. The zero-order valence-corrected chi connectivity index (χ0v) is 12.8. The quantitative estimate of drug-likeness (QED) is 0.920. The van der Waals surface area contributed by atoms with Crippen LogP contribution < -0.4 is 4.74 Å². The van der Waals surface area contributed by atoms with Gasteiger partial charge in [0, 0.05) is 13.1 Å². The van der Waals surface area contributed by atoms with E-state index in [1.54, 1.807) is 0 Å². The van der Waals surface area contributed by atoms with Crippen LogP contribution in [0.4, 0.5) is 0 Å². The molecule has 1 aliphatic rings. The summed E-state index contributed by atoms with van der Waals surface area (Å²) in [5, 5.41) is 9.72. The second-order valence-corrected chi connectivity index (χ2v) is 5.95. The van der Waals surface area contributed by atoms with Gasteiger partial charge in [-0.25, -0.2) is 0 Å². The van der Waals surface area contributed by atoms with Crippen LogP contribution in [0.3, 0.4) is 0 Å². The Hall–Kier alpha value is -1.84. The molecule has 1 aliphatic heterocycles. The summed E-state index contributed by atoms with van der Waals surface area (Å²) in [4.78, 5) is 2.31. The molecule has 22 heavy (non-hydrogen) atoms. The SMILES string of the molecule is OC1CCCN(Cc2ccc(OCc3ccccc3)cc2)C1. The van der Waals surface area contributed by atoms with E-state index >= 15 is 0 Å². The molecule has 1 saturated heterocycles. The lowest BCUT2D eigenvalue weighted by Gasteiger charge is -2.29. The molecule has 0 saturated carbocycles. The Morgan fingerprint density at radius 1 is 1.00 bits per heavy atom. The van der Waals surface area contributed by atoms with Gasteiger partial charge in [0.15, 0.2) is 0 Å². The smallest absolute Gasteiger partial charge is 0.119 e. The molecule has 0 bridgehead atoms. The van der Waals surface area contributed by atoms with E-state index in [2.05, 4.69) is 29.2 Å². The van der Waals surface area contributed by atoms with Gasteiger partial charge in [0.2, 0.25) is 0 Å². The first kappa shape index (κ1) is 15.1. The van der Waals surface area contributed by atoms with E-state index in [4.69, 9.17) is 4.74 Å². The zero-order valence-electron chi connectivity index (χ0n) is 12.8. The molecule has 0 aromatic heterocycles. The highest BCUT2D eigenvalue weighted by Gasteiger charge is 2.17. The standard InChI is InChI=1S/C19H23NO2/c21-18-7-4-12-20(14-18)13-16-8-10-19(11-9-16)22-15-17-5-2-1-3-6-17/h1-3,5-6,8-11,18,21H,4,7,12-15H2. The monoisotopic (exact) mass is 297 g/mol. The number of aliphatic hydroxyl groups excluding tert-OH is 1. The molecule has 3 rings (SSSR count). The Labute approximate surface area is 132 Å². The van der Waals surface area contributed by atoms with Crippen molar-refractivity contribution in [2.45, 2.75) is 32.1 Å². The molecule has 0 aliphatic carbocycles. The summed E-state index contributed by atoms with van der Waals surface area (Å²) >= 11 is 0. The van der Waals surface area contributed by atoms with Crippen LogP contribution in [-0.2, 0) is 13.2 Å². The third-order valence-electron chi connectivity index (χ3n) is 4.06. The van der Waals surface area contributed by atoms with Crippen LogP contribution in [0.1, 0.15) is 24.0 Å². The highest BCUT2D eigenvalue weighted by Crippen LogP contribution is 2.17. The van der Waals surface area contributed by atoms with Gasteiger partial charge in [-0.15, -0.1) is 0 Å². The minimum absolute atomic E-state index is 0.165. The van der Waals surface area contributed by atoms with E-state index in [-0.39, 0.29) is 6.10 Å². The number of aliphatic hydroxyl groups is 1. The van der Waals surface area contributed by atoms with Crippen molar-refractivity contribution in [2.75, 3.05) is 13.1 Å². The Kier molecular flexibility index (Phi) is 5.09. The van der Waals surface area contributed by atoms with Crippen LogP contribution in [-0.4, -0.2) is 29.2 Å². The minimum atomic E-state index is -0.165. The van der Waals surface area contributed by atoms with E-state index in [0.29, 0.717) is 6.61 Å². The normalized spacial score (nSPS) is 19.0. The molecule has 1 atom stereocenters. The molecule has 3 heteroatoms. The molecule has 2 aromatic carbocycles. The predicted molar refractivity (Wildman–Crippen MR) is 87.7 cm³/mol. The number of ether oxygens (including phenoxy) is 1. The third kappa shape index (κ3) is 4.33. The summed E-state index contributed by atoms with van der Waals surface area (Å²) in [6, 6.07) is 18.5. The van der Waals surface area contributed by atoms with Crippen LogP contribution >= 0.6 is 0 Å². The summed E-state index contributed by atoms with van der Waals surface area (Å²) in [6.07, 6.45) is 1.85. The van der Waals surface area contributed by atoms with Crippen molar-refractivity contribution in [3.05, 3.63) is 65.7 Å². The average Bonchev–Trinajstić information content (AvgIpc) is 2.55. The summed E-state index contributed by atoms with van der Waals surface area (Å²) in [5.41, 5.74) is 2.44. The fourth-order valence-electron chi connectivity index (χ4n) is 2.86. The lowest BCUT2D eigenvalue weighted by molar-refractivity contribution is 0.0668. The molecule has 2 aromatic rings. The molecule has 0 spiro atoms. The van der Waals surface area contributed by atoms with E-state index in [0.717, 1.165) is 38.2 Å². The van der Waals surface area contributed by atoms with Gasteiger partial charge in [0.1, 0.15) is 12.4 Å². The Morgan fingerprint density at radius 3 is 2.50 bits per heavy atom. The van der Waals surface area contributed by atoms with Crippen molar-refractivity contribution in [3.63, 3.8) is 0 Å². The predicted octanol–water partition coefficient (Wildman–Crippen LogP) is 3.22. The second-order valence-electron chi connectivity index (χ2n) is 5.95. The molecule has 1 N–H and O–H groups in total. The highest BCUT2D eigenvalue weighted by molar-refractivity contribution is 5.27. The van der Waals surface area contributed by atoms with Crippen LogP contribution in [0.15, 0.2) is 54.6 Å².